The number of unbranched alkanes of at least 4 members (excludes halogenated alkanes) is 1. The highest BCUT2D eigenvalue weighted by Gasteiger charge is 2.01. The minimum Gasteiger partial charge on any atom is -0.375 e. The second-order valence-electron chi connectivity index (χ2n) is 5.57. The van der Waals surface area contributed by atoms with Gasteiger partial charge in [0.1, 0.15) is 0 Å². The molecule has 0 aliphatic rings. The molecule has 0 aliphatic heterocycles. The lowest BCUT2D eigenvalue weighted by atomic mass is 10.2. The van der Waals surface area contributed by atoms with Crippen LogP contribution in [0.5, 0.6) is 0 Å². The summed E-state index contributed by atoms with van der Waals surface area (Å²) in [5.74, 6) is 0. The third kappa shape index (κ3) is 8.95. The van der Waals surface area contributed by atoms with Gasteiger partial charge in [-0.15, -0.1) is 0 Å². The summed E-state index contributed by atoms with van der Waals surface area (Å²) in [7, 11) is 0. The quantitative estimate of drug-likeness (QED) is 0.381. The molecule has 0 amide bonds. The van der Waals surface area contributed by atoms with E-state index in [2.05, 4.69) is 22.2 Å². The van der Waals surface area contributed by atoms with E-state index in [4.69, 9.17) is 27.9 Å². The van der Waals surface area contributed by atoms with Crippen molar-refractivity contribution in [3.8, 4) is 0 Å². The zero-order chi connectivity index (χ0) is 17.7. The normalized spacial score (nSPS) is 11.0. The van der Waals surface area contributed by atoms with Crippen molar-refractivity contribution in [2.24, 2.45) is 0 Å². The van der Waals surface area contributed by atoms with Crippen LogP contribution in [0, 0.1) is 0 Å². The number of hydrogen-bond donors (Lipinski definition) is 2. The summed E-state index contributed by atoms with van der Waals surface area (Å²) in [5, 5.41) is 4.74. The zero-order valence-corrected chi connectivity index (χ0v) is 16.5. The number of rotatable bonds is 12. The highest BCUT2D eigenvalue weighted by molar-refractivity contribution is 7.97. The molecule has 0 heterocycles. The van der Waals surface area contributed by atoms with Crippen molar-refractivity contribution >= 4 is 35.1 Å². The average Bonchev–Trinajstić information content (AvgIpc) is 2.62. The van der Waals surface area contributed by atoms with Crippen LogP contribution in [-0.4, -0.2) is 26.2 Å². The second-order valence-corrected chi connectivity index (χ2v) is 7.34. The first-order valence-corrected chi connectivity index (χ1v) is 10.00. The van der Waals surface area contributed by atoms with E-state index in [-0.39, 0.29) is 0 Å². The molecule has 3 nitrogen and oxygen atoms in total. The third-order valence-corrected chi connectivity index (χ3v) is 5.08. The first-order chi connectivity index (χ1) is 12.3. The molecule has 2 rings (SSSR count). The molecule has 2 aromatic rings. The predicted molar refractivity (Wildman–Crippen MR) is 109 cm³/mol. The summed E-state index contributed by atoms with van der Waals surface area (Å²) in [4.78, 5) is 1.000. The van der Waals surface area contributed by atoms with Crippen molar-refractivity contribution in [1.82, 2.24) is 10.0 Å². The predicted octanol–water partition coefficient (Wildman–Crippen LogP) is 5.18. The Hall–Kier alpha value is -0.750. The molecule has 0 radical (unpaired) electrons. The van der Waals surface area contributed by atoms with Crippen molar-refractivity contribution < 1.29 is 4.74 Å². The number of nitrogens with one attached hydrogen (secondary N) is 2. The van der Waals surface area contributed by atoms with Gasteiger partial charge in [0.15, 0.2) is 0 Å². The van der Waals surface area contributed by atoms with Crippen LogP contribution in [0.1, 0.15) is 18.4 Å². The Bertz CT molecular complexity index is 614. The Labute approximate surface area is 164 Å². The van der Waals surface area contributed by atoms with Gasteiger partial charge in [-0.25, -0.2) is 0 Å². The van der Waals surface area contributed by atoms with E-state index in [0.717, 1.165) is 44.0 Å². The molecule has 25 heavy (non-hydrogen) atoms. The summed E-state index contributed by atoms with van der Waals surface area (Å²) >= 11 is 13.6. The van der Waals surface area contributed by atoms with Crippen LogP contribution in [0.2, 0.25) is 10.0 Å². The van der Waals surface area contributed by atoms with E-state index in [1.54, 1.807) is 18.0 Å². The fourth-order valence-corrected chi connectivity index (χ4v) is 3.39. The minimum absolute atomic E-state index is 0.660. The van der Waals surface area contributed by atoms with E-state index in [9.17, 15) is 0 Å². The average molecular weight is 399 g/mol. The molecule has 136 valence electrons. The van der Waals surface area contributed by atoms with Gasteiger partial charge in [-0.2, -0.15) is 0 Å². The first-order valence-electron chi connectivity index (χ1n) is 8.43. The number of ether oxygens (including phenoxy) is 1. The van der Waals surface area contributed by atoms with Gasteiger partial charge in [0.25, 0.3) is 0 Å². The lowest BCUT2D eigenvalue weighted by Gasteiger charge is -2.08. The SMILES string of the molecule is Clc1ccc(SNCCCCNCCOCc2ccccc2)c(Cl)c1. The Morgan fingerprint density at radius 3 is 2.52 bits per heavy atom. The monoisotopic (exact) mass is 398 g/mol. The number of hydrogen-bond acceptors (Lipinski definition) is 4. The third-order valence-electron chi connectivity index (χ3n) is 3.49. The molecule has 0 bridgehead atoms. The smallest absolute Gasteiger partial charge is 0.0717 e. The topological polar surface area (TPSA) is 33.3 Å². The maximum absolute atomic E-state index is 6.12. The van der Waals surface area contributed by atoms with Crippen molar-refractivity contribution in [3.63, 3.8) is 0 Å². The molecule has 0 saturated heterocycles. The molecule has 2 aromatic carbocycles. The molecular formula is C19H24Cl2N2OS. The van der Waals surface area contributed by atoms with Gasteiger partial charge in [-0.3, -0.25) is 4.72 Å². The van der Waals surface area contributed by atoms with Gasteiger partial charge in [0.05, 0.1) is 18.2 Å². The van der Waals surface area contributed by atoms with E-state index in [0.29, 0.717) is 16.7 Å². The van der Waals surface area contributed by atoms with Crippen molar-refractivity contribution in [3.05, 3.63) is 64.1 Å². The van der Waals surface area contributed by atoms with Crippen molar-refractivity contribution in [2.45, 2.75) is 24.3 Å². The fourth-order valence-electron chi connectivity index (χ4n) is 2.17. The maximum atomic E-state index is 6.12. The molecule has 0 fully saturated rings. The van der Waals surface area contributed by atoms with Crippen LogP contribution in [0.4, 0.5) is 0 Å². The summed E-state index contributed by atoms with van der Waals surface area (Å²) in [6.07, 6.45) is 2.23. The standard InChI is InChI=1S/C19H24Cl2N2OS/c20-17-8-9-19(18(21)14-17)25-23-11-5-4-10-22-12-13-24-15-16-6-2-1-3-7-16/h1-3,6-9,14,22-23H,4-5,10-13,15H2. The van der Waals surface area contributed by atoms with Crippen LogP contribution in [0.3, 0.4) is 0 Å². The van der Waals surface area contributed by atoms with Crippen LogP contribution in [0.15, 0.2) is 53.4 Å². The Morgan fingerprint density at radius 2 is 1.72 bits per heavy atom. The van der Waals surface area contributed by atoms with Gasteiger partial charge < -0.3 is 10.1 Å². The molecule has 2 N–H and O–H groups in total. The van der Waals surface area contributed by atoms with Crippen LogP contribution in [-0.2, 0) is 11.3 Å². The number of benzene rings is 2. The molecule has 0 saturated carbocycles. The zero-order valence-electron chi connectivity index (χ0n) is 14.1. The van der Waals surface area contributed by atoms with Crippen LogP contribution < -0.4 is 10.0 Å². The molecule has 0 aromatic heterocycles. The minimum atomic E-state index is 0.660. The van der Waals surface area contributed by atoms with Crippen LogP contribution >= 0.6 is 35.1 Å². The van der Waals surface area contributed by atoms with Gasteiger partial charge in [-0.1, -0.05) is 53.5 Å². The molecule has 0 unspecified atom stereocenters. The highest BCUT2D eigenvalue weighted by atomic mass is 35.5. The van der Waals surface area contributed by atoms with E-state index < -0.39 is 0 Å². The number of halogens is 2. The van der Waals surface area contributed by atoms with Crippen molar-refractivity contribution in [2.75, 3.05) is 26.2 Å². The fraction of sp³-hybridized carbons (Fsp3) is 0.368. The molecule has 0 aliphatic carbocycles. The van der Waals surface area contributed by atoms with Gasteiger partial charge in [0.2, 0.25) is 0 Å². The van der Waals surface area contributed by atoms with Gasteiger partial charge in [-0.05, 0) is 55.1 Å². The van der Waals surface area contributed by atoms with Gasteiger partial charge >= 0.3 is 0 Å². The van der Waals surface area contributed by atoms with Gasteiger partial charge in [0, 0.05) is 23.0 Å². The summed E-state index contributed by atoms with van der Waals surface area (Å²) in [6.45, 7) is 4.24. The largest absolute Gasteiger partial charge is 0.375 e. The van der Waals surface area contributed by atoms with E-state index in [1.807, 2.05) is 30.3 Å². The van der Waals surface area contributed by atoms with Crippen LogP contribution in [0.25, 0.3) is 0 Å². The Balaban J connectivity index is 1.40. The van der Waals surface area contributed by atoms with Crippen molar-refractivity contribution in [1.29, 1.82) is 0 Å². The highest BCUT2D eigenvalue weighted by Crippen LogP contribution is 2.27. The Kier molecular flexibility index (Phi) is 10.3. The maximum Gasteiger partial charge on any atom is 0.0717 e. The summed E-state index contributed by atoms with van der Waals surface area (Å²) in [6, 6.07) is 15.8. The summed E-state index contributed by atoms with van der Waals surface area (Å²) < 4.78 is 8.96. The first kappa shape index (κ1) is 20.6. The molecule has 0 spiro atoms. The van der Waals surface area contributed by atoms with E-state index >= 15 is 0 Å². The lowest BCUT2D eigenvalue weighted by Crippen LogP contribution is -2.21. The lowest BCUT2D eigenvalue weighted by molar-refractivity contribution is 0.123. The molecule has 6 heteroatoms. The Morgan fingerprint density at radius 1 is 0.920 bits per heavy atom. The summed E-state index contributed by atoms with van der Waals surface area (Å²) in [5.41, 5.74) is 1.21. The second kappa shape index (κ2) is 12.6. The van der Waals surface area contributed by atoms with E-state index in [1.165, 1.54) is 5.56 Å². The molecule has 0 atom stereocenters. The molecular weight excluding hydrogens is 375 g/mol.